The summed E-state index contributed by atoms with van der Waals surface area (Å²) in [7, 11) is 1.45. The van der Waals surface area contributed by atoms with Crippen molar-refractivity contribution in [3.05, 3.63) is 35.7 Å². The molecule has 1 aromatic carbocycles. The van der Waals surface area contributed by atoms with E-state index in [9.17, 15) is 18.0 Å². The van der Waals surface area contributed by atoms with Crippen LogP contribution in [0.25, 0.3) is 11.4 Å². The Labute approximate surface area is 152 Å². The molecule has 2 aromatic rings. The van der Waals surface area contributed by atoms with Crippen molar-refractivity contribution in [2.75, 3.05) is 13.7 Å². The van der Waals surface area contributed by atoms with Gasteiger partial charge in [-0.25, -0.2) is 0 Å². The van der Waals surface area contributed by atoms with E-state index in [-0.39, 0.29) is 17.8 Å². The lowest BCUT2D eigenvalue weighted by molar-refractivity contribution is -0.159. The van der Waals surface area contributed by atoms with Gasteiger partial charge in [-0.15, -0.1) is 0 Å². The number of hydrogen-bond donors (Lipinski definition) is 0. The van der Waals surface area contributed by atoms with E-state index >= 15 is 0 Å². The van der Waals surface area contributed by atoms with Gasteiger partial charge in [-0.3, -0.25) is 4.79 Å². The molecule has 1 aromatic heterocycles. The van der Waals surface area contributed by atoms with Crippen molar-refractivity contribution in [2.45, 2.75) is 31.5 Å². The number of alkyl halides is 3. The van der Waals surface area contributed by atoms with Gasteiger partial charge in [0.1, 0.15) is 7.11 Å². The van der Waals surface area contributed by atoms with E-state index in [2.05, 4.69) is 24.7 Å². The van der Waals surface area contributed by atoms with Crippen molar-refractivity contribution in [3.63, 3.8) is 0 Å². The van der Waals surface area contributed by atoms with E-state index < -0.39 is 12.1 Å². The lowest BCUT2D eigenvalue weighted by atomic mass is 10.1. The lowest BCUT2D eigenvalue weighted by Gasteiger charge is -2.21. The number of carbonyl (C=O) groups is 1. The van der Waals surface area contributed by atoms with Crippen LogP contribution in [0.3, 0.4) is 0 Å². The Morgan fingerprint density at radius 3 is 2.63 bits per heavy atom. The number of aromatic nitrogens is 2. The molecule has 1 fully saturated rings. The zero-order valence-corrected chi connectivity index (χ0v) is 14.4. The Hall–Kier alpha value is -2.91. The van der Waals surface area contributed by atoms with Crippen molar-refractivity contribution >= 4 is 12.1 Å². The SMILES string of the molecule is CO/N=C/CCN(C(=O)c1ccc(-c2noc(C(F)(F)F)n2)cc1)C1CC1. The van der Waals surface area contributed by atoms with Crippen LogP contribution in [0, 0.1) is 0 Å². The first-order valence-corrected chi connectivity index (χ1v) is 8.27. The standard InChI is InChI=1S/C17H17F3N4O3/c1-26-21-9-2-10-24(13-7-8-13)15(25)12-5-3-11(4-6-12)14-22-16(27-23-14)17(18,19)20/h3-6,9,13H,2,7-8,10H2,1H3/b21-9+. The summed E-state index contributed by atoms with van der Waals surface area (Å²) in [6.45, 7) is 0.512. The number of carbonyl (C=O) groups excluding carboxylic acids is 1. The fraction of sp³-hybridized carbons (Fsp3) is 0.412. The zero-order chi connectivity index (χ0) is 19.4. The van der Waals surface area contributed by atoms with Gasteiger partial charge in [-0.2, -0.15) is 18.2 Å². The molecule has 0 bridgehead atoms. The molecule has 1 heterocycles. The van der Waals surface area contributed by atoms with Crippen molar-refractivity contribution in [2.24, 2.45) is 5.16 Å². The predicted molar refractivity (Wildman–Crippen MR) is 88.9 cm³/mol. The van der Waals surface area contributed by atoms with Gasteiger partial charge in [0.25, 0.3) is 5.91 Å². The average Bonchev–Trinajstić information content (AvgIpc) is 3.34. The molecule has 0 atom stereocenters. The highest BCUT2D eigenvalue weighted by atomic mass is 19.4. The van der Waals surface area contributed by atoms with Crippen LogP contribution >= 0.6 is 0 Å². The number of rotatable bonds is 7. The Bertz CT molecular complexity index is 814. The van der Waals surface area contributed by atoms with Crippen LogP contribution in [0.5, 0.6) is 0 Å². The van der Waals surface area contributed by atoms with Gasteiger partial charge in [0.15, 0.2) is 0 Å². The number of amides is 1. The Morgan fingerprint density at radius 2 is 2.07 bits per heavy atom. The Balaban J connectivity index is 1.71. The third-order valence-corrected chi connectivity index (χ3v) is 3.99. The number of nitrogens with zero attached hydrogens (tertiary/aromatic N) is 4. The number of oxime groups is 1. The first-order valence-electron chi connectivity index (χ1n) is 8.27. The van der Waals surface area contributed by atoms with Crippen LogP contribution in [-0.4, -0.2) is 46.9 Å². The second kappa shape index (κ2) is 7.77. The van der Waals surface area contributed by atoms with E-state index in [1.54, 1.807) is 23.2 Å². The largest absolute Gasteiger partial charge is 0.471 e. The maximum atomic E-state index is 12.7. The summed E-state index contributed by atoms with van der Waals surface area (Å²) in [5, 5.41) is 6.99. The number of hydrogen-bond acceptors (Lipinski definition) is 6. The molecule has 0 spiro atoms. The van der Waals surface area contributed by atoms with Gasteiger partial charge < -0.3 is 14.3 Å². The second-order valence-electron chi connectivity index (χ2n) is 5.99. The fourth-order valence-electron chi connectivity index (χ4n) is 2.54. The van der Waals surface area contributed by atoms with Gasteiger partial charge in [-0.05, 0) is 25.0 Å². The van der Waals surface area contributed by atoms with Crippen LogP contribution in [0.1, 0.15) is 35.5 Å². The average molecular weight is 382 g/mol. The van der Waals surface area contributed by atoms with Crippen LogP contribution in [0.15, 0.2) is 33.9 Å². The molecule has 0 aliphatic heterocycles. The fourth-order valence-corrected chi connectivity index (χ4v) is 2.54. The molecule has 0 N–H and O–H groups in total. The summed E-state index contributed by atoms with van der Waals surface area (Å²) in [6, 6.07) is 6.28. The van der Waals surface area contributed by atoms with E-state index in [0.717, 1.165) is 12.8 Å². The molecule has 7 nitrogen and oxygen atoms in total. The molecular weight excluding hydrogens is 365 g/mol. The van der Waals surface area contributed by atoms with Crippen LogP contribution in [-0.2, 0) is 11.0 Å². The molecule has 3 rings (SSSR count). The highest BCUT2D eigenvalue weighted by Gasteiger charge is 2.38. The molecule has 27 heavy (non-hydrogen) atoms. The first-order chi connectivity index (χ1) is 12.9. The summed E-state index contributed by atoms with van der Waals surface area (Å²) in [5.74, 6) is -1.73. The first kappa shape index (κ1) is 18.9. The monoisotopic (exact) mass is 382 g/mol. The number of benzene rings is 1. The van der Waals surface area contributed by atoms with E-state index in [1.165, 1.54) is 19.2 Å². The van der Waals surface area contributed by atoms with Crippen LogP contribution in [0.4, 0.5) is 13.2 Å². The topological polar surface area (TPSA) is 80.8 Å². The maximum absolute atomic E-state index is 12.7. The molecule has 0 unspecified atom stereocenters. The summed E-state index contributed by atoms with van der Waals surface area (Å²) < 4.78 is 41.9. The normalized spacial score (nSPS) is 14.5. The van der Waals surface area contributed by atoms with Crippen molar-refractivity contribution < 1.29 is 27.3 Å². The quantitative estimate of drug-likeness (QED) is 0.542. The smallest absolute Gasteiger partial charge is 0.399 e. The van der Waals surface area contributed by atoms with Gasteiger partial charge in [0.2, 0.25) is 5.82 Å². The summed E-state index contributed by atoms with van der Waals surface area (Å²) in [6.07, 6.45) is -0.627. The molecule has 0 radical (unpaired) electrons. The Morgan fingerprint density at radius 1 is 1.37 bits per heavy atom. The molecule has 1 saturated carbocycles. The van der Waals surface area contributed by atoms with Gasteiger partial charge in [0.05, 0.1) is 0 Å². The van der Waals surface area contributed by atoms with Gasteiger partial charge >= 0.3 is 12.1 Å². The lowest BCUT2D eigenvalue weighted by Crippen LogP contribution is -2.34. The summed E-state index contributed by atoms with van der Waals surface area (Å²) >= 11 is 0. The van der Waals surface area contributed by atoms with Gasteiger partial charge in [-0.1, -0.05) is 22.4 Å². The molecule has 1 aliphatic carbocycles. The third kappa shape index (κ3) is 4.63. The predicted octanol–water partition coefficient (Wildman–Crippen LogP) is 3.38. The van der Waals surface area contributed by atoms with Crippen LogP contribution in [0.2, 0.25) is 0 Å². The van der Waals surface area contributed by atoms with E-state index in [0.29, 0.717) is 24.1 Å². The minimum absolute atomic E-state index is 0.140. The molecule has 10 heteroatoms. The molecular formula is C17H17F3N4O3. The van der Waals surface area contributed by atoms with Crippen LogP contribution < -0.4 is 0 Å². The third-order valence-electron chi connectivity index (χ3n) is 3.99. The molecule has 1 aliphatic rings. The second-order valence-corrected chi connectivity index (χ2v) is 5.99. The summed E-state index contributed by atoms with van der Waals surface area (Å²) in [4.78, 5) is 22.4. The highest BCUT2D eigenvalue weighted by Crippen LogP contribution is 2.30. The van der Waals surface area contributed by atoms with Crippen molar-refractivity contribution in [1.82, 2.24) is 15.0 Å². The Kier molecular flexibility index (Phi) is 5.43. The number of halogens is 3. The minimum atomic E-state index is -4.70. The maximum Gasteiger partial charge on any atom is 0.471 e. The molecule has 144 valence electrons. The molecule has 0 saturated heterocycles. The van der Waals surface area contributed by atoms with Crippen molar-refractivity contribution in [3.8, 4) is 11.4 Å². The zero-order valence-electron chi connectivity index (χ0n) is 14.4. The van der Waals surface area contributed by atoms with Gasteiger partial charge in [0, 0.05) is 36.3 Å². The van der Waals surface area contributed by atoms with E-state index in [4.69, 9.17) is 0 Å². The van der Waals surface area contributed by atoms with E-state index in [1.807, 2.05) is 0 Å². The van der Waals surface area contributed by atoms with Crippen molar-refractivity contribution in [1.29, 1.82) is 0 Å². The molecule has 1 amide bonds. The minimum Gasteiger partial charge on any atom is -0.399 e. The summed E-state index contributed by atoms with van der Waals surface area (Å²) in [5.41, 5.74) is 0.768. The highest BCUT2D eigenvalue weighted by molar-refractivity contribution is 5.95.